The molecule has 0 radical (unpaired) electrons. The summed E-state index contributed by atoms with van der Waals surface area (Å²) < 4.78 is 14.1. The smallest absolute Gasteiger partial charge is 0.123 e. The third kappa shape index (κ3) is 5.16. The summed E-state index contributed by atoms with van der Waals surface area (Å²) in [6.45, 7) is 2.82. The normalized spacial score (nSPS) is 10.6. The molecule has 0 aliphatic carbocycles. The molecular weight excluding hydrogens is 329 g/mol. The monoisotopic (exact) mass is 349 g/mol. The van der Waals surface area contributed by atoms with Crippen molar-refractivity contribution in [2.24, 2.45) is 0 Å². The SMILES string of the molecule is CCCCCc1ccc(NCc2cc(F)ccc2Br)cc1. The number of rotatable bonds is 7. The molecule has 2 aromatic carbocycles. The van der Waals surface area contributed by atoms with Crippen LogP contribution in [0.5, 0.6) is 0 Å². The second-order valence-electron chi connectivity index (χ2n) is 5.24. The van der Waals surface area contributed by atoms with Crippen molar-refractivity contribution in [2.75, 3.05) is 5.32 Å². The second-order valence-corrected chi connectivity index (χ2v) is 6.10. The van der Waals surface area contributed by atoms with Crippen LogP contribution >= 0.6 is 15.9 Å². The van der Waals surface area contributed by atoms with E-state index in [1.165, 1.54) is 30.9 Å². The van der Waals surface area contributed by atoms with Crippen LogP contribution in [0.2, 0.25) is 0 Å². The number of aryl methyl sites for hydroxylation is 1. The van der Waals surface area contributed by atoms with Gasteiger partial charge in [0.15, 0.2) is 0 Å². The van der Waals surface area contributed by atoms with E-state index in [0.29, 0.717) is 6.54 Å². The molecule has 1 nitrogen and oxygen atoms in total. The van der Waals surface area contributed by atoms with E-state index < -0.39 is 0 Å². The summed E-state index contributed by atoms with van der Waals surface area (Å²) in [6.07, 6.45) is 4.93. The fourth-order valence-electron chi connectivity index (χ4n) is 2.24. The Balaban J connectivity index is 1.90. The number of halogens is 2. The molecule has 0 atom stereocenters. The van der Waals surface area contributed by atoms with Crippen molar-refractivity contribution in [3.05, 3.63) is 63.9 Å². The largest absolute Gasteiger partial charge is 0.381 e. The van der Waals surface area contributed by atoms with Crippen LogP contribution in [0, 0.1) is 5.82 Å². The summed E-state index contributed by atoms with van der Waals surface area (Å²) in [5.74, 6) is -0.207. The number of unbranched alkanes of at least 4 members (excludes halogenated alkanes) is 2. The van der Waals surface area contributed by atoms with E-state index >= 15 is 0 Å². The third-order valence-electron chi connectivity index (χ3n) is 3.51. The number of hydrogen-bond acceptors (Lipinski definition) is 1. The molecule has 0 unspecified atom stereocenters. The van der Waals surface area contributed by atoms with Crippen LogP contribution in [0.4, 0.5) is 10.1 Å². The van der Waals surface area contributed by atoms with Crippen LogP contribution in [0.15, 0.2) is 46.9 Å². The minimum absolute atomic E-state index is 0.207. The molecule has 0 aromatic heterocycles. The Hall–Kier alpha value is -1.35. The molecule has 0 aliphatic rings. The quantitative estimate of drug-likeness (QED) is 0.610. The standard InChI is InChI=1S/C18H21BrFN/c1-2-3-4-5-14-6-9-17(10-7-14)21-13-15-12-16(20)8-11-18(15)19/h6-12,21H,2-5,13H2,1H3. The van der Waals surface area contributed by atoms with Gasteiger partial charge in [-0.3, -0.25) is 0 Å². The summed E-state index contributed by atoms with van der Waals surface area (Å²) in [5, 5.41) is 3.33. The molecule has 0 heterocycles. The van der Waals surface area contributed by atoms with Crippen molar-refractivity contribution in [1.29, 1.82) is 0 Å². The number of anilines is 1. The average Bonchev–Trinajstić information content (AvgIpc) is 2.50. The Morgan fingerprint density at radius 3 is 2.52 bits per heavy atom. The lowest BCUT2D eigenvalue weighted by atomic mass is 10.1. The van der Waals surface area contributed by atoms with Crippen molar-refractivity contribution >= 4 is 21.6 Å². The Kier molecular flexibility index (Phi) is 6.24. The van der Waals surface area contributed by atoms with E-state index in [-0.39, 0.29) is 5.82 Å². The van der Waals surface area contributed by atoms with E-state index in [9.17, 15) is 4.39 Å². The first-order chi connectivity index (χ1) is 10.2. The molecule has 2 rings (SSSR count). The van der Waals surface area contributed by atoms with Crippen LogP contribution in [-0.4, -0.2) is 0 Å². The van der Waals surface area contributed by atoms with Crippen LogP contribution in [-0.2, 0) is 13.0 Å². The highest BCUT2D eigenvalue weighted by Crippen LogP contribution is 2.20. The Labute approximate surface area is 134 Å². The molecule has 21 heavy (non-hydrogen) atoms. The summed E-state index contributed by atoms with van der Waals surface area (Å²) in [5.41, 5.74) is 3.35. The molecule has 0 saturated heterocycles. The zero-order valence-corrected chi connectivity index (χ0v) is 13.9. The number of hydrogen-bond donors (Lipinski definition) is 1. The van der Waals surface area contributed by atoms with E-state index in [2.05, 4.69) is 52.4 Å². The third-order valence-corrected chi connectivity index (χ3v) is 4.29. The highest BCUT2D eigenvalue weighted by Gasteiger charge is 2.02. The fraction of sp³-hybridized carbons (Fsp3) is 0.333. The first-order valence-electron chi connectivity index (χ1n) is 7.46. The van der Waals surface area contributed by atoms with Crippen molar-refractivity contribution < 1.29 is 4.39 Å². The minimum atomic E-state index is -0.207. The molecule has 0 fully saturated rings. The molecule has 2 aromatic rings. The lowest BCUT2D eigenvalue weighted by molar-refractivity contribution is 0.625. The topological polar surface area (TPSA) is 12.0 Å². The average molecular weight is 350 g/mol. The van der Waals surface area contributed by atoms with Crippen LogP contribution in [0.3, 0.4) is 0 Å². The van der Waals surface area contributed by atoms with Crippen LogP contribution in [0.1, 0.15) is 37.3 Å². The summed E-state index contributed by atoms with van der Waals surface area (Å²) >= 11 is 3.44. The number of benzene rings is 2. The van der Waals surface area contributed by atoms with Crippen molar-refractivity contribution in [3.8, 4) is 0 Å². The van der Waals surface area contributed by atoms with Gasteiger partial charge in [0.05, 0.1) is 0 Å². The van der Waals surface area contributed by atoms with Gasteiger partial charge in [0.1, 0.15) is 5.82 Å². The van der Waals surface area contributed by atoms with Gasteiger partial charge in [0.2, 0.25) is 0 Å². The summed E-state index contributed by atoms with van der Waals surface area (Å²) in [6, 6.07) is 13.3. The molecule has 0 spiro atoms. The zero-order valence-electron chi connectivity index (χ0n) is 12.3. The maximum absolute atomic E-state index is 13.2. The number of nitrogens with one attached hydrogen (secondary N) is 1. The first kappa shape index (κ1) is 16.0. The van der Waals surface area contributed by atoms with Gasteiger partial charge in [-0.15, -0.1) is 0 Å². The van der Waals surface area contributed by atoms with Crippen LogP contribution < -0.4 is 5.32 Å². The van der Waals surface area contributed by atoms with E-state index in [4.69, 9.17) is 0 Å². The molecule has 3 heteroatoms. The zero-order chi connectivity index (χ0) is 15.1. The molecule has 0 saturated carbocycles. The highest BCUT2D eigenvalue weighted by atomic mass is 79.9. The Bertz CT molecular complexity index is 566. The maximum Gasteiger partial charge on any atom is 0.123 e. The van der Waals surface area contributed by atoms with E-state index in [1.807, 2.05) is 0 Å². The minimum Gasteiger partial charge on any atom is -0.381 e. The molecular formula is C18H21BrFN. The van der Waals surface area contributed by atoms with Gasteiger partial charge in [-0.25, -0.2) is 4.39 Å². The van der Waals surface area contributed by atoms with Gasteiger partial charge in [-0.05, 0) is 54.3 Å². The first-order valence-corrected chi connectivity index (χ1v) is 8.25. The molecule has 0 aliphatic heterocycles. The predicted octanol–water partition coefficient (Wildman–Crippen LogP) is 5.93. The van der Waals surface area contributed by atoms with Crippen molar-refractivity contribution in [1.82, 2.24) is 0 Å². The second kappa shape index (κ2) is 8.18. The molecule has 0 amide bonds. The maximum atomic E-state index is 13.2. The summed E-state index contributed by atoms with van der Waals surface area (Å²) in [7, 11) is 0. The van der Waals surface area contributed by atoms with Crippen molar-refractivity contribution in [2.45, 2.75) is 39.2 Å². The van der Waals surface area contributed by atoms with E-state index in [1.54, 1.807) is 12.1 Å². The summed E-state index contributed by atoms with van der Waals surface area (Å²) in [4.78, 5) is 0. The van der Waals surface area contributed by atoms with Gasteiger partial charge in [0, 0.05) is 16.7 Å². The highest BCUT2D eigenvalue weighted by molar-refractivity contribution is 9.10. The fourth-order valence-corrected chi connectivity index (χ4v) is 2.63. The van der Waals surface area contributed by atoms with Gasteiger partial charge in [0.25, 0.3) is 0 Å². The van der Waals surface area contributed by atoms with E-state index in [0.717, 1.165) is 22.1 Å². The van der Waals surface area contributed by atoms with Gasteiger partial charge in [-0.1, -0.05) is 47.8 Å². The van der Waals surface area contributed by atoms with Gasteiger partial charge < -0.3 is 5.32 Å². The molecule has 112 valence electrons. The van der Waals surface area contributed by atoms with Gasteiger partial charge in [-0.2, -0.15) is 0 Å². The van der Waals surface area contributed by atoms with Crippen molar-refractivity contribution in [3.63, 3.8) is 0 Å². The van der Waals surface area contributed by atoms with Crippen LogP contribution in [0.25, 0.3) is 0 Å². The molecule has 1 N–H and O–H groups in total. The Morgan fingerprint density at radius 1 is 1.05 bits per heavy atom. The molecule has 0 bridgehead atoms. The lowest BCUT2D eigenvalue weighted by Crippen LogP contribution is -2.01. The van der Waals surface area contributed by atoms with Gasteiger partial charge >= 0.3 is 0 Å². The predicted molar refractivity (Wildman–Crippen MR) is 91.1 cm³/mol. The Morgan fingerprint density at radius 2 is 1.81 bits per heavy atom. The lowest BCUT2D eigenvalue weighted by Gasteiger charge is -2.09.